The molecule has 4 N–H and O–H groups in total. The number of anilines is 1. The number of halogens is 2. The highest BCUT2D eigenvalue weighted by atomic mass is 35.5. The van der Waals surface area contributed by atoms with Gasteiger partial charge in [-0.15, -0.1) is 23.2 Å². The van der Waals surface area contributed by atoms with Gasteiger partial charge in [0.2, 0.25) is 0 Å². The van der Waals surface area contributed by atoms with Crippen LogP contribution in [-0.2, 0) is 4.79 Å². The number of carbonyl (C=O) groups is 1. The summed E-state index contributed by atoms with van der Waals surface area (Å²) < 4.78 is 0. The predicted octanol–water partition coefficient (Wildman–Crippen LogP) is 2.36. The molecule has 7 heteroatoms. The number of aryl methyl sites for hydroxylation is 1. The highest BCUT2D eigenvalue weighted by Crippen LogP contribution is 2.30. The summed E-state index contributed by atoms with van der Waals surface area (Å²) in [6, 6.07) is 5.71. The first-order valence-corrected chi connectivity index (χ1v) is 8.58. The number of nitrogens with zero attached hydrogens (tertiary/aromatic N) is 1. The zero-order valence-electron chi connectivity index (χ0n) is 13.2. The first-order valence-electron chi connectivity index (χ1n) is 7.51. The number of hydrogen-bond donors (Lipinski definition) is 3. The first kappa shape index (κ1) is 20.0. The van der Waals surface area contributed by atoms with Crippen molar-refractivity contribution in [2.24, 2.45) is 11.7 Å². The van der Waals surface area contributed by atoms with E-state index in [4.69, 9.17) is 34.0 Å². The molecule has 1 aromatic rings. The second-order valence-electron chi connectivity index (χ2n) is 5.44. The molecule has 0 saturated carbocycles. The van der Waals surface area contributed by atoms with Crippen LogP contribution in [0.15, 0.2) is 18.2 Å². The van der Waals surface area contributed by atoms with Gasteiger partial charge in [0.15, 0.2) is 0 Å². The van der Waals surface area contributed by atoms with Crippen LogP contribution in [-0.4, -0.2) is 47.6 Å². The van der Waals surface area contributed by atoms with E-state index in [0.717, 1.165) is 11.3 Å². The van der Waals surface area contributed by atoms with Gasteiger partial charge in [-0.3, -0.25) is 4.79 Å². The molecule has 1 aromatic carbocycles. The van der Waals surface area contributed by atoms with Crippen LogP contribution in [0.1, 0.15) is 23.7 Å². The Morgan fingerprint density at radius 2 is 1.91 bits per heavy atom. The van der Waals surface area contributed by atoms with Crippen molar-refractivity contribution in [3.8, 4) is 0 Å². The molecule has 0 radical (unpaired) electrons. The second kappa shape index (κ2) is 9.98. The first-order chi connectivity index (χ1) is 10.9. The van der Waals surface area contributed by atoms with Crippen LogP contribution in [0.3, 0.4) is 0 Å². The molecule has 0 bridgehead atoms. The van der Waals surface area contributed by atoms with Gasteiger partial charge in [-0.25, -0.2) is 0 Å². The third-order valence-corrected chi connectivity index (χ3v) is 4.18. The third kappa shape index (κ3) is 5.84. The molecule has 130 valence electrons. The number of aliphatic hydroxyl groups is 1. The van der Waals surface area contributed by atoms with Crippen LogP contribution >= 0.6 is 23.2 Å². The summed E-state index contributed by atoms with van der Waals surface area (Å²) in [6.45, 7) is 3.26. The van der Waals surface area contributed by atoms with Crippen LogP contribution in [0, 0.1) is 12.8 Å². The van der Waals surface area contributed by atoms with E-state index in [9.17, 15) is 9.90 Å². The molecule has 0 aliphatic heterocycles. The number of rotatable bonds is 10. The Balaban J connectivity index is 3.09. The molecule has 0 saturated heterocycles. The van der Waals surface area contributed by atoms with Crippen LogP contribution < -0.4 is 10.6 Å². The lowest BCUT2D eigenvalue weighted by Gasteiger charge is -2.27. The lowest BCUT2D eigenvalue weighted by Crippen LogP contribution is -2.28. The lowest BCUT2D eigenvalue weighted by molar-refractivity contribution is -0.139. The summed E-state index contributed by atoms with van der Waals surface area (Å²) in [5.74, 6) is -0.574. The fourth-order valence-electron chi connectivity index (χ4n) is 2.52. The zero-order valence-corrected chi connectivity index (χ0v) is 14.7. The molecule has 5 nitrogen and oxygen atoms in total. The van der Waals surface area contributed by atoms with Gasteiger partial charge < -0.3 is 20.8 Å². The average Bonchev–Trinajstić information content (AvgIpc) is 2.52. The Bertz CT molecular complexity index is 508. The van der Waals surface area contributed by atoms with E-state index in [1.165, 1.54) is 0 Å². The number of carboxylic acid groups (broad SMARTS) is 1. The van der Waals surface area contributed by atoms with Crippen molar-refractivity contribution in [1.82, 2.24) is 0 Å². The molecule has 0 amide bonds. The Hall–Kier alpha value is -1.01. The minimum atomic E-state index is -0.973. The monoisotopic (exact) mass is 362 g/mol. The van der Waals surface area contributed by atoms with Crippen molar-refractivity contribution >= 4 is 34.9 Å². The number of nitrogens with two attached hydrogens (primary N) is 1. The number of alkyl halides is 2. The van der Waals surface area contributed by atoms with Crippen molar-refractivity contribution in [2.75, 3.05) is 36.3 Å². The largest absolute Gasteiger partial charge is 0.481 e. The van der Waals surface area contributed by atoms with Crippen molar-refractivity contribution in [3.05, 3.63) is 29.3 Å². The van der Waals surface area contributed by atoms with Crippen molar-refractivity contribution in [1.29, 1.82) is 0 Å². The Morgan fingerprint density at radius 3 is 2.39 bits per heavy atom. The van der Waals surface area contributed by atoms with Gasteiger partial charge in [0.1, 0.15) is 0 Å². The molecule has 0 fully saturated rings. The summed E-state index contributed by atoms with van der Waals surface area (Å²) in [4.78, 5) is 13.0. The molecule has 0 aliphatic rings. The van der Waals surface area contributed by atoms with Gasteiger partial charge in [0, 0.05) is 36.5 Å². The number of carboxylic acids is 1. The molecular formula is C16H24Cl2N2O3. The molecule has 0 spiro atoms. The summed E-state index contributed by atoms with van der Waals surface area (Å²) in [5, 5.41) is 19.5. The Morgan fingerprint density at radius 1 is 1.30 bits per heavy atom. The van der Waals surface area contributed by atoms with Gasteiger partial charge in [-0.2, -0.15) is 0 Å². The standard InChI is InChI=1S/C16H24Cl2N2O3/c1-11-2-3-13(20(6-4-17)7-5-18)9-14(11)16(23)12(10-19)8-15(21)22/h2-3,9,12,16,23H,4-8,10,19H2,1H3,(H,21,22). The molecule has 2 unspecified atom stereocenters. The Kier molecular flexibility index (Phi) is 8.69. The van der Waals surface area contributed by atoms with E-state index in [1.807, 2.05) is 30.0 Å². The van der Waals surface area contributed by atoms with E-state index in [2.05, 4.69) is 0 Å². The lowest BCUT2D eigenvalue weighted by atomic mass is 9.90. The summed E-state index contributed by atoms with van der Waals surface area (Å²) in [5.41, 5.74) is 8.11. The maximum Gasteiger partial charge on any atom is 0.303 e. The van der Waals surface area contributed by atoms with Gasteiger partial charge in [0.05, 0.1) is 12.5 Å². The quantitative estimate of drug-likeness (QED) is 0.556. The zero-order chi connectivity index (χ0) is 17.4. The number of hydrogen-bond acceptors (Lipinski definition) is 4. The maximum absolute atomic E-state index is 10.9. The fraction of sp³-hybridized carbons (Fsp3) is 0.562. The normalized spacial score (nSPS) is 13.6. The van der Waals surface area contributed by atoms with E-state index in [0.29, 0.717) is 30.4 Å². The molecule has 2 atom stereocenters. The third-order valence-electron chi connectivity index (χ3n) is 3.84. The number of aliphatic carboxylic acids is 1. The van der Waals surface area contributed by atoms with Crippen molar-refractivity contribution in [3.63, 3.8) is 0 Å². The van der Waals surface area contributed by atoms with E-state index in [-0.39, 0.29) is 13.0 Å². The Labute approximate surface area is 147 Å². The fourth-order valence-corrected chi connectivity index (χ4v) is 2.93. The number of benzene rings is 1. The maximum atomic E-state index is 10.9. The molecule has 23 heavy (non-hydrogen) atoms. The summed E-state index contributed by atoms with van der Waals surface area (Å²) >= 11 is 11.7. The SMILES string of the molecule is Cc1ccc(N(CCCl)CCCl)cc1C(O)C(CN)CC(=O)O. The van der Waals surface area contributed by atoms with E-state index < -0.39 is 18.0 Å². The van der Waals surface area contributed by atoms with Gasteiger partial charge in [0.25, 0.3) is 0 Å². The average molecular weight is 363 g/mol. The number of aliphatic hydroxyl groups excluding tert-OH is 1. The van der Waals surface area contributed by atoms with E-state index in [1.54, 1.807) is 0 Å². The van der Waals surface area contributed by atoms with Crippen LogP contribution in [0.5, 0.6) is 0 Å². The second-order valence-corrected chi connectivity index (χ2v) is 6.20. The highest BCUT2D eigenvalue weighted by Gasteiger charge is 2.24. The molecule has 0 heterocycles. The topological polar surface area (TPSA) is 86.8 Å². The minimum Gasteiger partial charge on any atom is -0.481 e. The van der Waals surface area contributed by atoms with Crippen LogP contribution in [0.25, 0.3) is 0 Å². The molecule has 0 aromatic heterocycles. The minimum absolute atomic E-state index is 0.101. The molecule has 0 aliphatic carbocycles. The van der Waals surface area contributed by atoms with Crippen molar-refractivity contribution < 1.29 is 15.0 Å². The van der Waals surface area contributed by atoms with Crippen LogP contribution in [0.4, 0.5) is 5.69 Å². The van der Waals surface area contributed by atoms with Gasteiger partial charge in [-0.1, -0.05) is 6.07 Å². The molecular weight excluding hydrogens is 339 g/mol. The van der Waals surface area contributed by atoms with E-state index >= 15 is 0 Å². The smallest absolute Gasteiger partial charge is 0.303 e. The molecule has 1 rings (SSSR count). The highest BCUT2D eigenvalue weighted by molar-refractivity contribution is 6.18. The predicted molar refractivity (Wildman–Crippen MR) is 94.6 cm³/mol. The van der Waals surface area contributed by atoms with Gasteiger partial charge in [-0.05, 0) is 36.7 Å². The van der Waals surface area contributed by atoms with Crippen molar-refractivity contribution in [2.45, 2.75) is 19.4 Å². The van der Waals surface area contributed by atoms with Crippen LogP contribution in [0.2, 0.25) is 0 Å². The summed E-state index contributed by atoms with van der Waals surface area (Å²) in [7, 11) is 0. The summed E-state index contributed by atoms with van der Waals surface area (Å²) in [6.07, 6.45) is -1.10. The van der Waals surface area contributed by atoms with Gasteiger partial charge >= 0.3 is 5.97 Å².